The molecule has 0 saturated carbocycles. The lowest BCUT2D eigenvalue weighted by Gasteiger charge is -2.25. The number of rotatable bonds is 7. The van der Waals surface area contributed by atoms with Crippen LogP contribution in [0.4, 0.5) is 4.39 Å². The Morgan fingerprint density at radius 3 is 2.81 bits per heavy atom. The first-order valence-electron chi connectivity index (χ1n) is 10.8. The lowest BCUT2D eigenvalue weighted by molar-refractivity contribution is 0.391. The molecule has 31 heavy (non-hydrogen) atoms. The zero-order chi connectivity index (χ0) is 21.7. The van der Waals surface area contributed by atoms with Crippen LogP contribution in [-0.4, -0.2) is 52.3 Å². The molecule has 0 radical (unpaired) electrons. The number of nitrogens with zero attached hydrogens (tertiary/aromatic N) is 5. The fraction of sp³-hybridized carbons (Fsp3) is 0.591. The maximum Gasteiger partial charge on any atom is 0.191 e. The molecule has 3 rings (SSSR count). The van der Waals surface area contributed by atoms with Gasteiger partial charge in [-0.25, -0.2) is 19.0 Å². The van der Waals surface area contributed by atoms with E-state index in [1.165, 1.54) is 6.07 Å². The topological polar surface area (TPSA) is 70.4 Å². The Balaban J connectivity index is 0.00000341. The van der Waals surface area contributed by atoms with E-state index in [9.17, 15) is 4.39 Å². The summed E-state index contributed by atoms with van der Waals surface area (Å²) in [5.41, 5.74) is 1.69. The van der Waals surface area contributed by atoms with Gasteiger partial charge in [0.15, 0.2) is 11.8 Å². The molecule has 7 nitrogen and oxygen atoms in total. The number of fused-ring (bicyclic) bond motifs is 1. The van der Waals surface area contributed by atoms with Gasteiger partial charge in [-0.1, -0.05) is 19.9 Å². The van der Waals surface area contributed by atoms with E-state index in [1.807, 2.05) is 29.7 Å². The smallest absolute Gasteiger partial charge is 0.191 e. The van der Waals surface area contributed by atoms with Crippen molar-refractivity contribution in [2.45, 2.75) is 65.2 Å². The summed E-state index contributed by atoms with van der Waals surface area (Å²) in [5, 5.41) is 11.5. The summed E-state index contributed by atoms with van der Waals surface area (Å²) in [6.45, 7) is 8.91. The molecule has 2 heterocycles. The molecule has 1 aliphatic heterocycles. The first-order chi connectivity index (χ1) is 14.4. The van der Waals surface area contributed by atoms with Crippen LogP contribution >= 0.6 is 24.0 Å². The molecule has 9 heteroatoms. The van der Waals surface area contributed by atoms with Gasteiger partial charge in [-0.3, -0.25) is 0 Å². The molecule has 1 atom stereocenters. The molecule has 1 aliphatic rings. The van der Waals surface area contributed by atoms with Gasteiger partial charge in [-0.2, -0.15) is 5.10 Å². The molecule has 0 amide bonds. The number of guanidine groups is 1. The molecule has 1 aromatic carbocycles. The summed E-state index contributed by atoms with van der Waals surface area (Å²) < 4.78 is 16.1. The second-order valence-corrected chi connectivity index (χ2v) is 8.46. The number of nitrogens with one attached hydrogen (secondary N) is 2. The van der Waals surface area contributed by atoms with E-state index >= 15 is 0 Å². The summed E-state index contributed by atoms with van der Waals surface area (Å²) in [7, 11) is 3.87. The first kappa shape index (κ1) is 25.5. The number of aromatic nitrogens is 3. The highest BCUT2D eigenvalue weighted by Crippen LogP contribution is 2.17. The molecule has 1 aromatic heterocycles. The Kier molecular flexibility index (Phi) is 9.67. The summed E-state index contributed by atoms with van der Waals surface area (Å²) in [5.74, 6) is 2.91. The van der Waals surface area contributed by atoms with Gasteiger partial charge in [-0.05, 0) is 45.1 Å². The van der Waals surface area contributed by atoms with Crippen LogP contribution in [0.25, 0.3) is 0 Å². The normalized spacial score (nSPS) is 16.3. The van der Waals surface area contributed by atoms with E-state index in [0.29, 0.717) is 24.6 Å². The number of hydrogen-bond acceptors (Lipinski definition) is 4. The van der Waals surface area contributed by atoms with Crippen LogP contribution in [0.2, 0.25) is 0 Å². The van der Waals surface area contributed by atoms with Crippen molar-refractivity contribution < 1.29 is 4.39 Å². The second kappa shape index (κ2) is 11.8. The zero-order valence-electron chi connectivity index (χ0n) is 19.2. The molecule has 2 N–H and O–H groups in total. The van der Waals surface area contributed by atoms with Crippen molar-refractivity contribution in [2.24, 2.45) is 4.99 Å². The van der Waals surface area contributed by atoms with Crippen LogP contribution in [0.5, 0.6) is 0 Å². The van der Waals surface area contributed by atoms with Crippen LogP contribution in [0.3, 0.4) is 0 Å². The number of aliphatic imine (C=N–C) groups is 1. The zero-order valence-corrected chi connectivity index (χ0v) is 21.5. The van der Waals surface area contributed by atoms with E-state index in [-0.39, 0.29) is 35.8 Å². The molecule has 1 unspecified atom stereocenters. The summed E-state index contributed by atoms with van der Waals surface area (Å²) in [6, 6.07) is 5.48. The molecule has 2 aromatic rings. The maximum absolute atomic E-state index is 14.0. The molecule has 0 aliphatic carbocycles. The van der Waals surface area contributed by atoms with Crippen molar-refractivity contribution in [1.82, 2.24) is 30.3 Å². The maximum atomic E-state index is 14.0. The van der Waals surface area contributed by atoms with E-state index in [0.717, 1.165) is 49.1 Å². The lowest BCUT2D eigenvalue weighted by Crippen LogP contribution is -2.47. The standard InChI is InChI=1S/C22H34FN7.HI/c1-6-24-22(25-12-16-7-9-19(23)17(11-16)13-29(4)5)26-18-8-10-20-27-21(15(2)3)28-30(20)14-18;/h7,9,11,15,18H,6,8,10,12-14H2,1-5H3,(H2,24,25,26);1H. The largest absolute Gasteiger partial charge is 0.357 e. The molecule has 172 valence electrons. The van der Waals surface area contributed by atoms with Crippen molar-refractivity contribution in [2.75, 3.05) is 20.6 Å². The van der Waals surface area contributed by atoms with Crippen molar-refractivity contribution >= 4 is 29.9 Å². The van der Waals surface area contributed by atoms with Gasteiger partial charge < -0.3 is 15.5 Å². The molecular weight excluding hydrogens is 508 g/mol. The number of halogens is 2. The Morgan fingerprint density at radius 2 is 2.13 bits per heavy atom. The van der Waals surface area contributed by atoms with E-state index in [2.05, 4.69) is 41.5 Å². The van der Waals surface area contributed by atoms with E-state index in [4.69, 9.17) is 4.99 Å². The highest BCUT2D eigenvalue weighted by atomic mass is 127. The highest BCUT2D eigenvalue weighted by Gasteiger charge is 2.23. The van der Waals surface area contributed by atoms with Crippen LogP contribution < -0.4 is 10.6 Å². The van der Waals surface area contributed by atoms with Gasteiger partial charge in [0, 0.05) is 37.0 Å². The predicted molar refractivity (Wildman–Crippen MR) is 133 cm³/mol. The minimum Gasteiger partial charge on any atom is -0.357 e. The van der Waals surface area contributed by atoms with Gasteiger partial charge in [0.1, 0.15) is 11.6 Å². The van der Waals surface area contributed by atoms with Gasteiger partial charge in [0.2, 0.25) is 0 Å². The average Bonchev–Trinajstić information content (AvgIpc) is 3.12. The van der Waals surface area contributed by atoms with Gasteiger partial charge in [0.05, 0.1) is 13.1 Å². The number of hydrogen-bond donors (Lipinski definition) is 2. The fourth-order valence-electron chi connectivity index (χ4n) is 3.56. The van der Waals surface area contributed by atoms with Crippen LogP contribution in [0, 0.1) is 5.82 Å². The van der Waals surface area contributed by atoms with Gasteiger partial charge >= 0.3 is 0 Å². The Labute approximate surface area is 201 Å². The number of aryl methyl sites for hydroxylation is 1. The minimum absolute atomic E-state index is 0. The Morgan fingerprint density at radius 1 is 1.35 bits per heavy atom. The van der Waals surface area contributed by atoms with E-state index < -0.39 is 0 Å². The molecule has 0 spiro atoms. The van der Waals surface area contributed by atoms with Gasteiger partial charge in [0.25, 0.3) is 0 Å². The highest BCUT2D eigenvalue weighted by molar-refractivity contribution is 14.0. The molecule has 0 bridgehead atoms. The third-order valence-electron chi connectivity index (χ3n) is 5.09. The Hall–Kier alpha value is -1.75. The minimum atomic E-state index is -0.173. The molecular formula is C22H35FIN7. The van der Waals surface area contributed by atoms with Crippen molar-refractivity contribution in [3.8, 4) is 0 Å². The summed E-state index contributed by atoms with van der Waals surface area (Å²) >= 11 is 0. The second-order valence-electron chi connectivity index (χ2n) is 8.46. The average molecular weight is 543 g/mol. The van der Waals surface area contributed by atoms with Crippen molar-refractivity contribution in [1.29, 1.82) is 0 Å². The van der Waals surface area contributed by atoms with Gasteiger partial charge in [-0.15, -0.1) is 24.0 Å². The van der Waals surface area contributed by atoms with Crippen molar-refractivity contribution in [3.63, 3.8) is 0 Å². The quantitative estimate of drug-likeness (QED) is 0.319. The lowest BCUT2D eigenvalue weighted by atomic mass is 10.1. The van der Waals surface area contributed by atoms with Crippen LogP contribution in [0.15, 0.2) is 23.2 Å². The summed E-state index contributed by atoms with van der Waals surface area (Å²) in [6.07, 6.45) is 1.90. The predicted octanol–water partition coefficient (Wildman–Crippen LogP) is 3.29. The third-order valence-corrected chi connectivity index (χ3v) is 5.09. The third kappa shape index (κ3) is 7.13. The molecule has 0 saturated heterocycles. The number of benzene rings is 1. The summed E-state index contributed by atoms with van der Waals surface area (Å²) in [4.78, 5) is 11.3. The molecule has 0 fully saturated rings. The first-order valence-corrected chi connectivity index (χ1v) is 10.8. The fourth-order valence-corrected chi connectivity index (χ4v) is 3.56. The van der Waals surface area contributed by atoms with Crippen LogP contribution in [-0.2, 0) is 26.1 Å². The van der Waals surface area contributed by atoms with E-state index in [1.54, 1.807) is 6.07 Å². The van der Waals surface area contributed by atoms with Crippen molar-refractivity contribution in [3.05, 3.63) is 46.8 Å². The Bertz CT molecular complexity index is 879. The van der Waals surface area contributed by atoms with Crippen LogP contribution in [0.1, 0.15) is 55.9 Å². The monoisotopic (exact) mass is 543 g/mol. The SMILES string of the molecule is CCNC(=NCc1ccc(F)c(CN(C)C)c1)NC1CCc2nc(C(C)C)nn2C1.I.